The Morgan fingerprint density at radius 1 is 0.373 bits per heavy atom. The van der Waals surface area contributed by atoms with E-state index in [4.69, 9.17) is 5.10 Å². The van der Waals surface area contributed by atoms with E-state index < -0.39 is 0 Å². The van der Waals surface area contributed by atoms with Crippen LogP contribution < -0.4 is 19.7 Å². The Hall–Kier alpha value is -8.67. The molecule has 0 aliphatic heterocycles. The van der Waals surface area contributed by atoms with Crippen LogP contribution in [0, 0.1) is 6.92 Å². The van der Waals surface area contributed by atoms with Gasteiger partial charge in [0.25, 0.3) is 0 Å². The molecule has 0 radical (unpaired) electrons. The fraction of sp³-hybridized carbons (Fsp3) is 0.157. The Morgan fingerprint density at radius 2 is 0.800 bits per heavy atom. The molecule has 0 saturated carbocycles. The molecular formula is C70H69N5. The Morgan fingerprint density at radius 3 is 1.29 bits per heavy atom. The second-order valence-electron chi connectivity index (χ2n) is 18.9. The second kappa shape index (κ2) is 25.8. The highest BCUT2D eigenvalue weighted by Crippen LogP contribution is 2.32. The summed E-state index contributed by atoms with van der Waals surface area (Å²) in [6.07, 6.45) is 7.48. The van der Waals surface area contributed by atoms with Crippen molar-refractivity contribution in [3.05, 3.63) is 305 Å². The fourth-order valence-electron chi connectivity index (χ4n) is 9.81. The molecule has 0 spiro atoms. The first-order valence-corrected chi connectivity index (χ1v) is 26.6. The quantitative estimate of drug-likeness (QED) is 0.0384. The molecule has 75 heavy (non-hydrogen) atoms. The van der Waals surface area contributed by atoms with E-state index in [9.17, 15) is 0 Å². The number of aryl methyl sites for hydroxylation is 1. The van der Waals surface area contributed by atoms with Gasteiger partial charge in [0.1, 0.15) is 0 Å². The Balaban J connectivity index is 0.944. The number of para-hydroxylation sites is 1. The number of benzene rings is 9. The largest absolute Gasteiger partial charge is 0.372 e. The lowest BCUT2D eigenvalue weighted by Crippen LogP contribution is -2.25. The van der Waals surface area contributed by atoms with Gasteiger partial charge < -0.3 is 14.7 Å². The van der Waals surface area contributed by atoms with Crippen molar-refractivity contribution in [1.82, 2.24) is 0 Å². The highest BCUT2D eigenvalue weighted by Gasteiger charge is 2.15. The van der Waals surface area contributed by atoms with Crippen LogP contribution in [0.4, 0.5) is 28.4 Å². The third-order valence-corrected chi connectivity index (χ3v) is 14.0. The summed E-state index contributed by atoms with van der Waals surface area (Å²) < 4.78 is 0. The molecule has 0 N–H and O–H groups in total. The topological polar surface area (TPSA) is 25.3 Å². The van der Waals surface area contributed by atoms with Crippen LogP contribution in [-0.2, 0) is 19.5 Å². The van der Waals surface area contributed by atoms with Crippen molar-refractivity contribution in [2.24, 2.45) is 5.10 Å². The predicted molar refractivity (Wildman–Crippen MR) is 322 cm³/mol. The van der Waals surface area contributed by atoms with Gasteiger partial charge in [0, 0.05) is 56.3 Å². The maximum Gasteiger partial charge on any atom is 0.0655 e. The van der Waals surface area contributed by atoms with E-state index in [0.29, 0.717) is 0 Å². The number of nitrogens with zero attached hydrogens (tertiary/aromatic N) is 5. The maximum absolute atomic E-state index is 5.20. The van der Waals surface area contributed by atoms with E-state index in [1.165, 1.54) is 72.7 Å². The molecule has 9 aromatic carbocycles. The van der Waals surface area contributed by atoms with Crippen LogP contribution in [0.2, 0.25) is 0 Å². The smallest absolute Gasteiger partial charge is 0.0655 e. The molecule has 0 atom stereocenters. The minimum absolute atomic E-state index is 0.819. The van der Waals surface area contributed by atoms with E-state index in [1.807, 2.05) is 6.21 Å². The van der Waals surface area contributed by atoms with Gasteiger partial charge in [-0.1, -0.05) is 194 Å². The van der Waals surface area contributed by atoms with Crippen molar-refractivity contribution in [3.63, 3.8) is 0 Å². The van der Waals surface area contributed by atoms with E-state index in [0.717, 1.165) is 62.6 Å². The van der Waals surface area contributed by atoms with Crippen molar-refractivity contribution >= 4 is 45.8 Å². The van der Waals surface area contributed by atoms with E-state index in [-0.39, 0.29) is 0 Å². The Labute approximate surface area is 446 Å². The number of likely N-dealkylation sites (N-methyl/N-ethyl adjacent to an activating group) is 1. The van der Waals surface area contributed by atoms with E-state index >= 15 is 0 Å². The number of hydrogen-bond acceptors (Lipinski definition) is 5. The SMILES string of the molecule is CCN(CC)c1ccc(/C(=C\C=C(c2ccccc2)c2ccccc2)c2ccc(N(CC)CCc3cccc(N(/N=C/c4ccc(N(Cc5ccccc5)Cc5ccccc5)cc4C)c4ccccc4)c3)cc2)cc1. The number of allylic oxidation sites excluding steroid dienone is 2. The van der Waals surface area contributed by atoms with Crippen LogP contribution in [0.15, 0.2) is 260 Å². The molecule has 9 rings (SSSR count). The van der Waals surface area contributed by atoms with Gasteiger partial charge in [-0.25, -0.2) is 5.01 Å². The molecule has 5 nitrogen and oxygen atoms in total. The summed E-state index contributed by atoms with van der Waals surface area (Å²) in [6, 6.07) is 87.1. The first-order chi connectivity index (χ1) is 37.0. The lowest BCUT2D eigenvalue weighted by molar-refractivity contribution is 0.799. The van der Waals surface area contributed by atoms with E-state index in [1.54, 1.807) is 0 Å². The van der Waals surface area contributed by atoms with Gasteiger partial charge in [0.05, 0.1) is 17.6 Å². The second-order valence-corrected chi connectivity index (χ2v) is 18.9. The first kappa shape index (κ1) is 51.2. The third-order valence-electron chi connectivity index (χ3n) is 14.0. The summed E-state index contributed by atoms with van der Waals surface area (Å²) in [5.74, 6) is 0. The zero-order valence-electron chi connectivity index (χ0n) is 44.0. The number of hydrogen-bond donors (Lipinski definition) is 0. The van der Waals surface area contributed by atoms with Gasteiger partial charge in [-0.15, -0.1) is 0 Å². The molecule has 0 saturated heterocycles. The van der Waals surface area contributed by atoms with Crippen molar-refractivity contribution in [2.75, 3.05) is 45.9 Å². The van der Waals surface area contributed by atoms with Crippen molar-refractivity contribution in [1.29, 1.82) is 0 Å². The molecule has 0 unspecified atom stereocenters. The lowest BCUT2D eigenvalue weighted by atomic mass is 9.93. The van der Waals surface area contributed by atoms with Crippen molar-refractivity contribution < 1.29 is 0 Å². The zero-order chi connectivity index (χ0) is 51.6. The number of anilines is 5. The summed E-state index contributed by atoms with van der Waals surface area (Å²) >= 11 is 0. The van der Waals surface area contributed by atoms with Gasteiger partial charge in [-0.2, -0.15) is 5.10 Å². The van der Waals surface area contributed by atoms with Crippen LogP contribution in [0.1, 0.15) is 70.8 Å². The van der Waals surface area contributed by atoms with Crippen LogP contribution in [0.25, 0.3) is 11.1 Å². The van der Waals surface area contributed by atoms with Gasteiger partial charge in [0.2, 0.25) is 0 Å². The molecule has 0 bridgehead atoms. The molecule has 0 fully saturated rings. The number of rotatable bonds is 22. The normalized spacial score (nSPS) is 11.3. The standard InChI is InChI=1S/C70H69N5/c1-5-72(6-2)64-41-36-61(37-42-64)70(47-46-69(59-29-17-10-18-30-59)60-31-19-11-20-32-60)62-38-43-65(44-39-62)73(7-3)49-48-56-28-23-35-68(51-56)75(66-33-21-12-22-34-66)71-52-63-40-45-67(50-55(63)4)74(53-57-24-13-8-14-25-57)54-58-26-15-9-16-27-58/h8-47,50-52H,5-7,48-49,53-54H2,1-4H3/b70-47+,71-52+. The molecule has 9 aromatic rings. The molecule has 0 aliphatic carbocycles. The Bertz CT molecular complexity index is 3170. The highest BCUT2D eigenvalue weighted by molar-refractivity contribution is 5.87. The summed E-state index contributed by atoms with van der Waals surface area (Å²) in [5.41, 5.74) is 18.8. The van der Waals surface area contributed by atoms with Crippen molar-refractivity contribution in [2.45, 2.75) is 47.2 Å². The minimum atomic E-state index is 0.819. The maximum atomic E-state index is 5.20. The van der Waals surface area contributed by atoms with Crippen LogP contribution in [0.3, 0.4) is 0 Å². The van der Waals surface area contributed by atoms with Crippen LogP contribution in [0.5, 0.6) is 0 Å². The van der Waals surface area contributed by atoms with Gasteiger partial charge in [-0.3, -0.25) is 0 Å². The van der Waals surface area contributed by atoms with Gasteiger partial charge in [-0.05, 0) is 156 Å². The van der Waals surface area contributed by atoms with Crippen LogP contribution >= 0.6 is 0 Å². The average molecular weight is 980 g/mol. The average Bonchev–Trinajstić information content (AvgIpc) is 3.47. The zero-order valence-corrected chi connectivity index (χ0v) is 44.0. The van der Waals surface area contributed by atoms with E-state index in [2.05, 4.69) is 302 Å². The minimum Gasteiger partial charge on any atom is -0.372 e. The van der Waals surface area contributed by atoms with Crippen molar-refractivity contribution in [3.8, 4) is 0 Å². The Kier molecular flexibility index (Phi) is 17.6. The fourth-order valence-corrected chi connectivity index (χ4v) is 9.81. The molecule has 374 valence electrons. The molecule has 0 aliphatic rings. The van der Waals surface area contributed by atoms with Gasteiger partial charge >= 0.3 is 0 Å². The van der Waals surface area contributed by atoms with Gasteiger partial charge in [0.15, 0.2) is 0 Å². The molecule has 5 heteroatoms. The first-order valence-electron chi connectivity index (χ1n) is 26.6. The lowest BCUT2D eigenvalue weighted by Gasteiger charge is -2.26. The summed E-state index contributed by atoms with van der Waals surface area (Å²) in [6.45, 7) is 14.2. The molecule has 0 aromatic heterocycles. The monoisotopic (exact) mass is 980 g/mol. The predicted octanol–water partition coefficient (Wildman–Crippen LogP) is 16.9. The third kappa shape index (κ3) is 13.5. The van der Waals surface area contributed by atoms with Crippen LogP contribution in [-0.4, -0.2) is 32.4 Å². The molecule has 0 heterocycles. The summed E-state index contributed by atoms with van der Waals surface area (Å²) in [7, 11) is 0. The summed E-state index contributed by atoms with van der Waals surface area (Å²) in [5, 5.41) is 7.26. The highest BCUT2D eigenvalue weighted by atomic mass is 15.5. The molecule has 0 amide bonds. The molecular weight excluding hydrogens is 911 g/mol. The number of hydrazone groups is 1. The summed E-state index contributed by atoms with van der Waals surface area (Å²) in [4.78, 5) is 7.32.